The van der Waals surface area contributed by atoms with Crippen LogP contribution in [-0.2, 0) is 37.6 Å². The quantitative estimate of drug-likeness (QED) is 0.108. The zero-order chi connectivity index (χ0) is 42.6. The van der Waals surface area contributed by atoms with Gasteiger partial charge in [-0.15, -0.1) is 0 Å². The summed E-state index contributed by atoms with van der Waals surface area (Å²) in [4.78, 5) is 0.297. The van der Waals surface area contributed by atoms with Crippen molar-refractivity contribution in [2.24, 2.45) is 11.8 Å². The van der Waals surface area contributed by atoms with Gasteiger partial charge in [-0.05, 0) is 104 Å². The average Bonchev–Trinajstić information content (AvgIpc) is 3.63. The number of ether oxygens (including phenoxy) is 4. The molecule has 57 heavy (non-hydrogen) atoms. The topological polar surface area (TPSA) is 110 Å². The lowest BCUT2D eigenvalue weighted by atomic mass is 9.83. The lowest BCUT2D eigenvalue weighted by Crippen LogP contribution is -2.49. The average molecular weight is 851 g/mol. The maximum atomic E-state index is 14.1. The maximum Gasteiger partial charge on any atom is 0.192 e. The summed E-state index contributed by atoms with van der Waals surface area (Å²) in [7, 11) is -6.35. The maximum absolute atomic E-state index is 14.1. The molecule has 0 radical (unpaired) electrons. The van der Waals surface area contributed by atoms with Gasteiger partial charge in [-0.3, -0.25) is 0 Å². The Morgan fingerprint density at radius 2 is 1.51 bits per heavy atom. The minimum atomic E-state index is -3.68. The van der Waals surface area contributed by atoms with Crippen molar-refractivity contribution in [1.29, 1.82) is 0 Å². The van der Waals surface area contributed by atoms with Gasteiger partial charge < -0.3 is 32.9 Å². The summed E-state index contributed by atoms with van der Waals surface area (Å²) in [6.07, 6.45) is 4.12. The van der Waals surface area contributed by atoms with Gasteiger partial charge >= 0.3 is 0 Å². The minimum Gasteiger partial charge on any atom is -0.414 e. The highest BCUT2D eigenvalue weighted by atomic mass is 32.2. The molecule has 1 N–H and O–H groups in total. The Labute approximate surface area is 348 Å². The van der Waals surface area contributed by atoms with Crippen LogP contribution in [0, 0.1) is 11.8 Å². The molecule has 3 unspecified atom stereocenters. The summed E-state index contributed by atoms with van der Waals surface area (Å²) in [6.45, 7) is 34.2. The third kappa shape index (κ3) is 12.7. The number of rotatable bonds is 19. The van der Waals surface area contributed by atoms with Crippen molar-refractivity contribution in [1.82, 2.24) is 0 Å². The van der Waals surface area contributed by atoms with E-state index in [1.54, 1.807) is 31.4 Å². The predicted molar refractivity (Wildman–Crippen MR) is 235 cm³/mol. The smallest absolute Gasteiger partial charge is 0.192 e. The molecule has 3 saturated heterocycles. The normalized spacial score (nSPS) is 29.9. The number of hydrogen-bond donors (Lipinski definition) is 1. The highest BCUT2D eigenvalue weighted by Gasteiger charge is 2.50. The molecule has 10 atom stereocenters. The second kappa shape index (κ2) is 19.7. The first-order valence-electron chi connectivity index (χ1n) is 21.4. The van der Waals surface area contributed by atoms with E-state index in [1.165, 1.54) is 0 Å². The standard InChI is InChI=1S/C45H78O9SSi2/c1-31-25-35(22-23-39-32(2)26-34(51-39)19-18-24-46)52-40(33(31)3)28-41-38(30-55(47,48)37-20-16-15-17-21-37)43(49-10)42(53-41)27-36(54-57(13,14)45(7,8)9)29-50-56(11,12)44(4,5)6/h15-17,20-21,31,34-36,38-43,46H,2-3,18-19,22-30H2,1,4-14H3/t31-,34?,35+,36-,38+,39?,40?,41+,42-,43-/m1/s1. The highest BCUT2D eigenvalue weighted by Crippen LogP contribution is 2.44. The van der Waals surface area contributed by atoms with Crippen LogP contribution in [0.3, 0.4) is 0 Å². The van der Waals surface area contributed by atoms with E-state index in [2.05, 4.69) is 87.8 Å². The van der Waals surface area contributed by atoms with E-state index in [0.29, 0.717) is 24.3 Å². The van der Waals surface area contributed by atoms with Crippen molar-refractivity contribution >= 4 is 26.5 Å². The van der Waals surface area contributed by atoms with Crippen LogP contribution in [0.1, 0.15) is 99.8 Å². The van der Waals surface area contributed by atoms with E-state index >= 15 is 0 Å². The Kier molecular flexibility index (Phi) is 16.7. The molecule has 9 nitrogen and oxygen atoms in total. The summed E-state index contributed by atoms with van der Waals surface area (Å²) in [6, 6.07) is 8.68. The fraction of sp³-hybridized carbons (Fsp3) is 0.778. The van der Waals surface area contributed by atoms with E-state index in [1.807, 2.05) is 6.07 Å². The monoisotopic (exact) mass is 850 g/mol. The largest absolute Gasteiger partial charge is 0.414 e. The first kappa shape index (κ1) is 48.5. The lowest BCUT2D eigenvalue weighted by molar-refractivity contribution is -0.0782. The fourth-order valence-corrected chi connectivity index (χ4v) is 12.1. The Hall–Kier alpha value is -1.20. The molecule has 1 aromatic carbocycles. The summed E-state index contributed by atoms with van der Waals surface area (Å²) in [5.41, 5.74) is 2.14. The van der Waals surface area contributed by atoms with E-state index < -0.39 is 50.7 Å². The predicted octanol–water partition coefficient (Wildman–Crippen LogP) is 9.67. The Morgan fingerprint density at radius 3 is 2.11 bits per heavy atom. The van der Waals surface area contributed by atoms with Gasteiger partial charge in [-0.25, -0.2) is 8.42 Å². The van der Waals surface area contributed by atoms with Crippen molar-refractivity contribution in [2.75, 3.05) is 26.1 Å². The van der Waals surface area contributed by atoms with Gasteiger partial charge in [0.05, 0.1) is 66.1 Å². The van der Waals surface area contributed by atoms with E-state index in [9.17, 15) is 13.5 Å². The Morgan fingerprint density at radius 1 is 0.877 bits per heavy atom. The number of sulfone groups is 1. The summed E-state index contributed by atoms with van der Waals surface area (Å²) in [5.74, 6) is -0.324. The fourth-order valence-electron chi connectivity index (χ4n) is 8.08. The zero-order valence-corrected chi connectivity index (χ0v) is 40.3. The second-order valence-corrected chi connectivity index (χ2v) is 31.8. The summed E-state index contributed by atoms with van der Waals surface area (Å²) >= 11 is 0. The highest BCUT2D eigenvalue weighted by molar-refractivity contribution is 7.91. The molecule has 326 valence electrons. The van der Waals surface area contributed by atoms with Gasteiger partial charge in [-0.1, -0.05) is 79.8 Å². The van der Waals surface area contributed by atoms with Gasteiger partial charge in [0, 0.05) is 32.5 Å². The SMILES string of the molecule is C=C1CC(CCCO)OC1CC[C@H]1C[C@@H](C)C(=C)C(C[C@@H]2O[C@H](C[C@H](CO[Si](C)(C)C(C)(C)C)O[Si](C)(C)C(C)(C)C)[C@H](OC)[C@H]2CS(=O)(=O)c2ccccc2)O1. The zero-order valence-electron chi connectivity index (χ0n) is 37.5. The van der Waals surface area contributed by atoms with Gasteiger partial charge in [0.1, 0.15) is 0 Å². The van der Waals surface area contributed by atoms with Crippen LogP contribution in [-0.4, -0.2) is 105 Å². The van der Waals surface area contributed by atoms with Crippen LogP contribution in [0.2, 0.25) is 36.3 Å². The van der Waals surface area contributed by atoms with Crippen molar-refractivity contribution in [3.8, 4) is 0 Å². The summed E-state index contributed by atoms with van der Waals surface area (Å²) < 4.78 is 68.6. The Bertz CT molecular complexity index is 1570. The second-order valence-electron chi connectivity index (χ2n) is 20.2. The van der Waals surface area contributed by atoms with Crippen molar-refractivity contribution < 1.29 is 41.3 Å². The van der Waals surface area contributed by atoms with Crippen LogP contribution < -0.4 is 0 Å². The minimum absolute atomic E-state index is 0.000157. The molecular formula is C45H78O9SSi2. The van der Waals surface area contributed by atoms with Gasteiger partial charge in [-0.2, -0.15) is 0 Å². The molecule has 0 saturated carbocycles. The molecule has 0 amide bonds. The molecule has 0 bridgehead atoms. The van der Waals surface area contributed by atoms with Crippen LogP contribution in [0.4, 0.5) is 0 Å². The molecule has 1 aromatic rings. The van der Waals surface area contributed by atoms with E-state index in [4.69, 9.17) is 27.8 Å². The first-order chi connectivity index (χ1) is 26.4. The number of aliphatic hydroxyl groups excluding tert-OH is 1. The molecule has 0 aliphatic carbocycles. The molecule has 3 aliphatic rings. The molecule has 4 rings (SSSR count). The summed E-state index contributed by atoms with van der Waals surface area (Å²) in [5, 5.41) is 9.32. The third-order valence-electron chi connectivity index (χ3n) is 13.8. The molecule has 3 heterocycles. The molecular weight excluding hydrogens is 773 g/mol. The van der Waals surface area contributed by atoms with Gasteiger partial charge in [0.25, 0.3) is 0 Å². The molecule has 3 aliphatic heterocycles. The molecule has 0 spiro atoms. The first-order valence-corrected chi connectivity index (χ1v) is 28.9. The van der Waals surface area contributed by atoms with Gasteiger partial charge in [0.15, 0.2) is 26.5 Å². The van der Waals surface area contributed by atoms with Crippen LogP contribution in [0.15, 0.2) is 59.5 Å². The van der Waals surface area contributed by atoms with Crippen LogP contribution >= 0.6 is 0 Å². The Balaban J connectivity index is 1.59. The van der Waals surface area contributed by atoms with Crippen molar-refractivity contribution in [3.05, 3.63) is 54.6 Å². The van der Waals surface area contributed by atoms with Crippen molar-refractivity contribution in [3.63, 3.8) is 0 Å². The third-order valence-corrected chi connectivity index (χ3v) is 24.7. The lowest BCUT2D eigenvalue weighted by Gasteiger charge is -2.42. The number of methoxy groups -OCH3 is 1. The molecule has 0 aromatic heterocycles. The van der Waals surface area contributed by atoms with Crippen molar-refractivity contribution in [2.45, 2.75) is 190 Å². The van der Waals surface area contributed by atoms with E-state index in [-0.39, 0.29) is 58.9 Å². The van der Waals surface area contributed by atoms with Gasteiger partial charge in [0.2, 0.25) is 0 Å². The number of hydrogen-bond acceptors (Lipinski definition) is 9. The molecule has 3 fully saturated rings. The number of benzene rings is 1. The van der Waals surface area contributed by atoms with Crippen LogP contribution in [0.5, 0.6) is 0 Å². The van der Waals surface area contributed by atoms with Crippen LogP contribution in [0.25, 0.3) is 0 Å². The number of aliphatic hydroxyl groups is 1. The van der Waals surface area contributed by atoms with E-state index in [0.717, 1.165) is 49.7 Å². The molecule has 12 heteroatoms.